The topological polar surface area (TPSA) is 4.93 Å². The van der Waals surface area contributed by atoms with Gasteiger partial charge in [0.05, 0.1) is 0 Å². The average molecular weight is 323 g/mol. The number of alkyl halides is 3. The molecule has 1 heterocycles. The summed E-state index contributed by atoms with van der Waals surface area (Å²) in [5.74, 6) is 0. The van der Waals surface area contributed by atoms with Crippen LogP contribution in [0.3, 0.4) is 0 Å². The number of halogens is 4. The molecular weight excluding hydrogens is 311 g/mol. The monoisotopic (exact) mass is 322 g/mol. The molecule has 0 saturated carbocycles. The van der Waals surface area contributed by atoms with Crippen LogP contribution in [0.25, 0.3) is 10.9 Å². The molecule has 1 nitrogen and oxygen atoms in total. The van der Waals surface area contributed by atoms with Crippen molar-refractivity contribution in [3.8, 4) is 0 Å². The molecule has 0 fully saturated rings. The Bertz CT molecular complexity index is 816. The van der Waals surface area contributed by atoms with Crippen LogP contribution >= 0.6 is 11.6 Å². The summed E-state index contributed by atoms with van der Waals surface area (Å²) in [7, 11) is 0. The minimum Gasteiger partial charge on any atom is -0.332 e. The molecule has 0 aliphatic rings. The third-order valence-corrected chi connectivity index (χ3v) is 3.74. The fraction of sp³-hybridized carbons (Fsp3) is 0.176. The summed E-state index contributed by atoms with van der Waals surface area (Å²) in [6, 6.07) is 14.5. The number of fused-ring (bicyclic) bond motifs is 1. The molecule has 3 aromatic rings. The second-order valence-electron chi connectivity index (χ2n) is 5.20. The highest BCUT2D eigenvalue weighted by molar-refractivity contribution is 6.30. The number of aryl methyl sites for hydroxylation is 1. The lowest BCUT2D eigenvalue weighted by Gasteiger charge is -2.13. The highest BCUT2D eigenvalue weighted by atomic mass is 35.5. The van der Waals surface area contributed by atoms with Crippen molar-refractivity contribution < 1.29 is 13.2 Å². The van der Waals surface area contributed by atoms with Crippen molar-refractivity contribution in [1.82, 2.24) is 4.57 Å². The number of aromatic nitrogens is 1. The van der Waals surface area contributed by atoms with Gasteiger partial charge in [0, 0.05) is 28.5 Å². The molecule has 3 rings (SSSR count). The Morgan fingerprint density at radius 2 is 1.77 bits per heavy atom. The molecule has 1 aromatic heterocycles. The fourth-order valence-corrected chi connectivity index (χ4v) is 2.59. The molecule has 0 aliphatic heterocycles. The average Bonchev–Trinajstić information content (AvgIpc) is 2.79. The van der Waals surface area contributed by atoms with Gasteiger partial charge in [-0.15, -0.1) is 0 Å². The summed E-state index contributed by atoms with van der Waals surface area (Å²) < 4.78 is 41.1. The largest absolute Gasteiger partial charge is 0.432 e. The van der Waals surface area contributed by atoms with Crippen LogP contribution < -0.4 is 0 Å². The molecule has 0 N–H and O–H groups in total. The summed E-state index contributed by atoms with van der Waals surface area (Å²) in [6.45, 7) is 1.96. The highest BCUT2D eigenvalue weighted by Crippen LogP contribution is 2.34. The van der Waals surface area contributed by atoms with E-state index in [1.165, 1.54) is 4.57 Å². The SMILES string of the molecule is Cc1ccc2c([c]c(C(F)(F)F)n2Cc2ccc(Cl)cc2)c1. The van der Waals surface area contributed by atoms with Gasteiger partial charge in [-0.25, -0.2) is 0 Å². The van der Waals surface area contributed by atoms with Crippen molar-refractivity contribution in [3.05, 3.63) is 70.4 Å². The molecule has 22 heavy (non-hydrogen) atoms. The zero-order valence-corrected chi connectivity index (χ0v) is 12.5. The summed E-state index contributed by atoms with van der Waals surface area (Å²) in [4.78, 5) is 0. The van der Waals surface area contributed by atoms with Gasteiger partial charge in [0.25, 0.3) is 0 Å². The molecule has 0 spiro atoms. The van der Waals surface area contributed by atoms with Crippen LogP contribution in [0.4, 0.5) is 13.2 Å². The first-order valence-corrected chi connectivity index (χ1v) is 7.06. The van der Waals surface area contributed by atoms with Gasteiger partial charge in [-0.05, 0) is 36.8 Å². The van der Waals surface area contributed by atoms with Crippen LogP contribution in [-0.2, 0) is 12.7 Å². The van der Waals surface area contributed by atoms with Crippen molar-refractivity contribution in [3.63, 3.8) is 0 Å². The number of benzene rings is 2. The molecule has 113 valence electrons. The smallest absolute Gasteiger partial charge is 0.332 e. The lowest BCUT2D eigenvalue weighted by molar-refractivity contribution is -0.143. The standard InChI is InChI=1S/C17H12ClF3N/c1-11-2-7-15-13(8-11)9-16(17(19,20)21)22(15)10-12-3-5-14(18)6-4-12/h2-8H,10H2,1H3. The van der Waals surface area contributed by atoms with Crippen molar-refractivity contribution >= 4 is 22.5 Å². The van der Waals surface area contributed by atoms with E-state index in [-0.39, 0.29) is 6.54 Å². The molecule has 1 radical (unpaired) electrons. The maximum atomic E-state index is 13.3. The molecule has 5 heteroatoms. The van der Waals surface area contributed by atoms with E-state index in [2.05, 4.69) is 6.07 Å². The molecule has 2 aromatic carbocycles. The van der Waals surface area contributed by atoms with E-state index in [0.29, 0.717) is 15.9 Å². The quantitative estimate of drug-likeness (QED) is 0.589. The van der Waals surface area contributed by atoms with Gasteiger partial charge in [0.15, 0.2) is 0 Å². The van der Waals surface area contributed by atoms with Crippen LogP contribution in [0, 0.1) is 13.0 Å². The minimum atomic E-state index is -4.45. The normalized spacial score (nSPS) is 12.0. The molecule has 0 atom stereocenters. The summed E-state index contributed by atoms with van der Waals surface area (Å²) in [6.07, 6.45) is -4.45. The van der Waals surface area contributed by atoms with Crippen LogP contribution in [0.2, 0.25) is 5.02 Å². The molecule has 0 aliphatic carbocycles. The van der Waals surface area contributed by atoms with E-state index in [0.717, 1.165) is 11.1 Å². The Morgan fingerprint density at radius 1 is 1.09 bits per heavy atom. The van der Waals surface area contributed by atoms with Crippen LogP contribution in [0.5, 0.6) is 0 Å². The Labute approximate surface area is 130 Å². The Hall–Kier alpha value is -1.94. The van der Waals surface area contributed by atoms with Crippen molar-refractivity contribution in [2.45, 2.75) is 19.6 Å². The summed E-state index contributed by atoms with van der Waals surface area (Å²) in [5.41, 5.74) is 1.42. The van der Waals surface area contributed by atoms with Gasteiger partial charge < -0.3 is 4.57 Å². The predicted octanol–water partition coefficient (Wildman–Crippen LogP) is 5.47. The first-order chi connectivity index (χ1) is 10.3. The van der Waals surface area contributed by atoms with Crippen molar-refractivity contribution in [1.29, 1.82) is 0 Å². The number of hydrogen-bond acceptors (Lipinski definition) is 0. The second-order valence-corrected chi connectivity index (χ2v) is 5.64. The van der Waals surface area contributed by atoms with Gasteiger partial charge in [0.2, 0.25) is 0 Å². The zero-order chi connectivity index (χ0) is 15.9. The Kier molecular flexibility index (Phi) is 3.65. The number of nitrogens with zero attached hydrogens (tertiary/aromatic N) is 1. The van der Waals surface area contributed by atoms with E-state index >= 15 is 0 Å². The predicted molar refractivity (Wildman–Crippen MR) is 81.1 cm³/mol. The molecule has 0 saturated heterocycles. The van der Waals surface area contributed by atoms with Gasteiger partial charge in [-0.3, -0.25) is 0 Å². The fourth-order valence-electron chi connectivity index (χ4n) is 2.46. The second kappa shape index (κ2) is 5.36. The van der Waals surface area contributed by atoms with E-state index in [9.17, 15) is 13.2 Å². The van der Waals surface area contributed by atoms with Gasteiger partial charge in [0.1, 0.15) is 5.69 Å². The third-order valence-electron chi connectivity index (χ3n) is 3.49. The van der Waals surface area contributed by atoms with E-state index in [4.69, 9.17) is 11.6 Å². The lowest BCUT2D eigenvalue weighted by atomic mass is 10.2. The molecule has 0 bridgehead atoms. The highest BCUT2D eigenvalue weighted by Gasteiger charge is 2.35. The van der Waals surface area contributed by atoms with E-state index in [1.807, 2.05) is 6.92 Å². The molecular formula is C17H12ClF3N. The molecule has 0 amide bonds. The van der Waals surface area contributed by atoms with Crippen LogP contribution in [0.1, 0.15) is 16.8 Å². The summed E-state index contributed by atoms with van der Waals surface area (Å²) >= 11 is 5.82. The van der Waals surface area contributed by atoms with Crippen molar-refractivity contribution in [2.75, 3.05) is 0 Å². The first-order valence-electron chi connectivity index (χ1n) is 6.68. The van der Waals surface area contributed by atoms with Crippen LogP contribution in [0.15, 0.2) is 42.5 Å². The number of rotatable bonds is 2. The van der Waals surface area contributed by atoms with E-state index < -0.39 is 11.9 Å². The Balaban J connectivity index is 2.15. The maximum Gasteiger partial charge on any atom is 0.432 e. The van der Waals surface area contributed by atoms with Gasteiger partial charge in [-0.1, -0.05) is 35.4 Å². The zero-order valence-electron chi connectivity index (χ0n) is 11.7. The Morgan fingerprint density at radius 3 is 2.41 bits per heavy atom. The minimum absolute atomic E-state index is 0.120. The first kappa shape index (κ1) is 15.0. The van der Waals surface area contributed by atoms with Crippen molar-refractivity contribution in [2.24, 2.45) is 0 Å². The van der Waals surface area contributed by atoms with Gasteiger partial charge >= 0.3 is 6.18 Å². The lowest BCUT2D eigenvalue weighted by Crippen LogP contribution is -2.14. The van der Waals surface area contributed by atoms with Gasteiger partial charge in [-0.2, -0.15) is 13.2 Å². The third kappa shape index (κ3) is 2.83. The molecule has 0 unspecified atom stereocenters. The number of hydrogen-bond donors (Lipinski definition) is 0. The van der Waals surface area contributed by atoms with E-state index in [1.54, 1.807) is 42.5 Å². The maximum absolute atomic E-state index is 13.3. The summed E-state index contributed by atoms with van der Waals surface area (Å²) in [5, 5.41) is 1.03. The van der Waals surface area contributed by atoms with Crippen LogP contribution in [-0.4, -0.2) is 4.57 Å².